The predicted molar refractivity (Wildman–Crippen MR) is 82.1 cm³/mol. The van der Waals surface area contributed by atoms with Crippen molar-refractivity contribution in [2.45, 2.75) is 68.2 Å². The molecule has 19 heavy (non-hydrogen) atoms. The third-order valence-corrected chi connectivity index (χ3v) is 6.18. The first-order valence-corrected chi connectivity index (χ1v) is 7.92. The van der Waals surface area contributed by atoms with Crippen LogP contribution < -0.4 is 0 Å². The monoisotopic (exact) mass is 302 g/mol. The number of rotatable bonds is 0. The van der Waals surface area contributed by atoms with E-state index in [1.165, 1.54) is 12.8 Å². The molecule has 0 N–H and O–H groups in total. The van der Waals surface area contributed by atoms with E-state index in [9.17, 15) is 0 Å². The number of hydrogen-bond donors (Lipinski definition) is 0. The van der Waals surface area contributed by atoms with Gasteiger partial charge in [0.15, 0.2) is 0 Å². The van der Waals surface area contributed by atoms with Crippen molar-refractivity contribution in [1.29, 1.82) is 0 Å². The zero-order valence-electron chi connectivity index (χ0n) is 14.3. The summed E-state index contributed by atoms with van der Waals surface area (Å²) < 4.78 is 0. The van der Waals surface area contributed by atoms with Gasteiger partial charge in [-0.2, -0.15) is 0 Å². The summed E-state index contributed by atoms with van der Waals surface area (Å²) in [7, 11) is 0. The van der Waals surface area contributed by atoms with E-state index in [0.29, 0.717) is 0 Å². The third-order valence-electron chi connectivity index (χ3n) is 6.18. The molecule has 1 heteroatoms. The molecule has 2 rings (SSSR count). The van der Waals surface area contributed by atoms with E-state index in [1.54, 1.807) is 11.8 Å². The van der Waals surface area contributed by atoms with Crippen molar-refractivity contribution in [3.8, 4) is 0 Å². The SMILES string of the molecule is CC1CC(C)C(C)C1C.C[C]1[C](C)C(C)CC1C.[Cr]. The molecule has 0 nitrogen and oxygen atoms in total. The Hall–Kier alpha value is 0.532. The van der Waals surface area contributed by atoms with Crippen molar-refractivity contribution < 1.29 is 17.4 Å². The first-order valence-electron chi connectivity index (χ1n) is 7.92. The molecule has 0 bridgehead atoms. The van der Waals surface area contributed by atoms with Crippen LogP contribution in [0.5, 0.6) is 0 Å². The summed E-state index contributed by atoms with van der Waals surface area (Å²) in [6, 6.07) is 0. The van der Waals surface area contributed by atoms with Crippen molar-refractivity contribution in [2.24, 2.45) is 35.5 Å². The molecule has 0 aromatic carbocycles. The zero-order valence-corrected chi connectivity index (χ0v) is 15.6. The van der Waals surface area contributed by atoms with Gasteiger partial charge in [-0.25, -0.2) is 0 Å². The minimum atomic E-state index is 0. The Morgan fingerprint density at radius 2 is 0.947 bits per heavy atom. The van der Waals surface area contributed by atoms with Crippen molar-refractivity contribution in [3.05, 3.63) is 11.8 Å². The molecule has 0 aliphatic heterocycles. The minimum absolute atomic E-state index is 0. The quantitative estimate of drug-likeness (QED) is 0.532. The van der Waals surface area contributed by atoms with Gasteiger partial charge < -0.3 is 0 Å². The molecule has 112 valence electrons. The van der Waals surface area contributed by atoms with Crippen LogP contribution in [-0.2, 0) is 17.4 Å². The van der Waals surface area contributed by atoms with Gasteiger partial charge >= 0.3 is 0 Å². The molecular weight excluding hydrogens is 268 g/mol. The van der Waals surface area contributed by atoms with Gasteiger partial charge in [0, 0.05) is 17.4 Å². The van der Waals surface area contributed by atoms with E-state index in [0.717, 1.165) is 35.5 Å². The topological polar surface area (TPSA) is 0 Å². The molecule has 2 radical (unpaired) electrons. The van der Waals surface area contributed by atoms with Gasteiger partial charge in [-0.15, -0.1) is 0 Å². The Kier molecular flexibility index (Phi) is 8.32. The van der Waals surface area contributed by atoms with Crippen molar-refractivity contribution >= 4 is 0 Å². The second-order valence-corrected chi connectivity index (χ2v) is 7.31. The summed E-state index contributed by atoms with van der Waals surface area (Å²) in [6.07, 6.45) is 2.82. The van der Waals surface area contributed by atoms with Crippen LogP contribution in [0, 0.1) is 47.3 Å². The molecule has 2 aliphatic rings. The molecule has 0 aromatic heterocycles. The Morgan fingerprint density at radius 3 is 1.05 bits per heavy atom. The molecule has 0 saturated heterocycles. The van der Waals surface area contributed by atoms with E-state index in [-0.39, 0.29) is 17.4 Å². The fraction of sp³-hybridized carbons (Fsp3) is 0.889. The maximum atomic E-state index is 2.39. The van der Waals surface area contributed by atoms with Crippen molar-refractivity contribution in [2.75, 3.05) is 0 Å². The summed E-state index contributed by atoms with van der Waals surface area (Å²) in [5, 5.41) is 0. The molecule has 0 amide bonds. The van der Waals surface area contributed by atoms with Gasteiger partial charge in [0.05, 0.1) is 0 Å². The standard InChI is InChI=1S/C9H18.C9H16.Cr/c2*1-6-5-7(2)9(4)8(6)3;/h6-9H,5H2,1-4H3;6-7H,5H2,1-4H3;. The first-order chi connectivity index (χ1) is 8.25. The average Bonchev–Trinajstić information content (AvgIpc) is 2.66. The maximum Gasteiger partial charge on any atom is 0 e. The van der Waals surface area contributed by atoms with E-state index < -0.39 is 0 Å². The second kappa shape index (κ2) is 8.09. The molecule has 2 saturated carbocycles. The van der Waals surface area contributed by atoms with Gasteiger partial charge in [-0.3, -0.25) is 0 Å². The summed E-state index contributed by atoms with van der Waals surface area (Å²) in [4.78, 5) is 0. The van der Waals surface area contributed by atoms with Crippen LogP contribution in [0.1, 0.15) is 68.2 Å². The fourth-order valence-electron chi connectivity index (χ4n) is 3.71. The summed E-state index contributed by atoms with van der Waals surface area (Å²) in [5.41, 5.74) is 0. The molecule has 2 aliphatic carbocycles. The summed E-state index contributed by atoms with van der Waals surface area (Å²) in [6.45, 7) is 18.7. The van der Waals surface area contributed by atoms with Gasteiger partial charge in [-0.05, 0) is 60.2 Å². The van der Waals surface area contributed by atoms with Crippen molar-refractivity contribution in [1.82, 2.24) is 0 Å². The van der Waals surface area contributed by atoms with Crippen LogP contribution in [0.3, 0.4) is 0 Å². The molecule has 6 atom stereocenters. The van der Waals surface area contributed by atoms with E-state index in [2.05, 4.69) is 55.4 Å². The van der Waals surface area contributed by atoms with Crippen LogP contribution in [0.2, 0.25) is 0 Å². The van der Waals surface area contributed by atoms with Crippen LogP contribution in [0.4, 0.5) is 0 Å². The maximum absolute atomic E-state index is 2.39. The average molecular weight is 302 g/mol. The Bertz CT molecular complexity index is 200. The molecule has 6 unspecified atom stereocenters. The van der Waals surface area contributed by atoms with Crippen LogP contribution in [-0.4, -0.2) is 0 Å². The van der Waals surface area contributed by atoms with E-state index in [4.69, 9.17) is 0 Å². The van der Waals surface area contributed by atoms with E-state index in [1.807, 2.05) is 0 Å². The number of hydrogen-bond acceptors (Lipinski definition) is 0. The largest absolute Gasteiger partial charge is 0.0622 e. The Balaban J connectivity index is 0.000000324. The van der Waals surface area contributed by atoms with Gasteiger partial charge in [0.25, 0.3) is 0 Å². The Morgan fingerprint density at radius 1 is 0.632 bits per heavy atom. The van der Waals surface area contributed by atoms with Gasteiger partial charge in [0.1, 0.15) is 0 Å². The van der Waals surface area contributed by atoms with Gasteiger partial charge in [0.2, 0.25) is 0 Å². The van der Waals surface area contributed by atoms with E-state index >= 15 is 0 Å². The molecule has 0 aromatic rings. The third kappa shape index (κ3) is 4.79. The fourth-order valence-corrected chi connectivity index (χ4v) is 3.71. The molecular formula is C18H34Cr. The van der Waals surface area contributed by atoms with Crippen LogP contribution in [0.25, 0.3) is 0 Å². The van der Waals surface area contributed by atoms with Gasteiger partial charge in [-0.1, -0.05) is 55.4 Å². The normalized spacial score (nSPS) is 43.6. The first kappa shape index (κ1) is 19.5. The molecule has 0 spiro atoms. The smallest absolute Gasteiger partial charge is 0 e. The summed E-state index contributed by atoms with van der Waals surface area (Å²) >= 11 is 0. The zero-order chi connectivity index (χ0) is 14.0. The van der Waals surface area contributed by atoms with Crippen LogP contribution in [0.15, 0.2) is 0 Å². The minimum Gasteiger partial charge on any atom is -0.0622 e. The predicted octanol–water partition coefficient (Wildman–Crippen LogP) is 5.78. The Labute approximate surface area is 133 Å². The summed E-state index contributed by atoms with van der Waals surface area (Å²) in [5.74, 6) is 8.80. The van der Waals surface area contributed by atoms with Crippen LogP contribution >= 0.6 is 0 Å². The van der Waals surface area contributed by atoms with Crippen molar-refractivity contribution in [3.63, 3.8) is 0 Å². The molecule has 2 fully saturated rings. The molecule has 0 heterocycles. The second-order valence-electron chi connectivity index (χ2n) is 7.31.